The summed E-state index contributed by atoms with van der Waals surface area (Å²) >= 11 is 1.33. The van der Waals surface area contributed by atoms with Crippen molar-refractivity contribution in [2.24, 2.45) is 0 Å². The predicted octanol–water partition coefficient (Wildman–Crippen LogP) is 1.60. The fraction of sp³-hybridized carbons (Fsp3) is 0.182. The van der Waals surface area contributed by atoms with Gasteiger partial charge in [-0.3, -0.25) is 20.3 Å². The van der Waals surface area contributed by atoms with E-state index in [0.717, 1.165) is 0 Å². The second-order valence-electron chi connectivity index (χ2n) is 3.82. The molecule has 1 heterocycles. The summed E-state index contributed by atoms with van der Waals surface area (Å²) in [6, 6.07) is 5.50. The highest BCUT2D eigenvalue weighted by Crippen LogP contribution is 2.15. The van der Waals surface area contributed by atoms with E-state index in [1.807, 2.05) is 0 Å². The molecule has 2 rings (SSSR count). The zero-order chi connectivity index (χ0) is 14.7. The van der Waals surface area contributed by atoms with Gasteiger partial charge in [-0.2, -0.15) is 0 Å². The molecule has 1 N–H and O–H groups in total. The van der Waals surface area contributed by atoms with Crippen molar-refractivity contribution in [3.63, 3.8) is 0 Å². The third-order valence-electron chi connectivity index (χ3n) is 2.51. The second-order valence-corrected chi connectivity index (χ2v) is 4.59. The Kier molecular flexibility index (Phi) is 3.99. The van der Waals surface area contributed by atoms with Crippen LogP contribution in [-0.4, -0.2) is 32.0 Å². The molecule has 0 saturated heterocycles. The summed E-state index contributed by atoms with van der Waals surface area (Å²) in [6.07, 6.45) is 1.81. The van der Waals surface area contributed by atoms with Gasteiger partial charge in [0.1, 0.15) is 5.82 Å². The average molecular weight is 293 g/mol. The fourth-order valence-corrected chi connectivity index (χ4v) is 2.01. The number of nitrogens with one attached hydrogen (secondary N) is 1. The molecule has 0 aliphatic carbocycles. The highest BCUT2D eigenvalue weighted by Gasteiger charge is 2.14. The van der Waals surface area contributed by atoms with Crippen molar-refractivity contribution in [1.29, 1.82) is 0 Å². The molecular weight excluding hydrogens is 282 g/mol. The SMILES string of the molecule is CSc1nnc(C)n1NC(=O)c1cccc([N+](=O)[O-])c1. The summed E-state index contributed by atoms with van der Waals surface area (Å²) in [5.74, 6) is 0.0556. The number of hydrogen-bond donors (Lipinski definition) is 1. The average Bonchev–Trinajstić information content (AvgIpc) is 2.79. The van der Waals surface area contributed by atoms with Crippen LogP contribution in [0.1, 0.15) is 16.2 Å². The van der Waals surface area contributed by atoms with E-state index in [4.69, 9.17) is 0 Å². The van der Waals surface area contributed by atoms with Gasteiger partial charge >= 0.3 is 0 Å². The van der Waals surface area contributed by atoms with Gasteiger partial charge < -0.3 is 0 Å². The summed E-state index contributed by atoms with van der Waals surface area (Å²) in [5.41, 5.74) is 2.66. The number of aryl methyl sites for hydroxylation is 1. The molecule has 1 aromatic carbocycles. The van der Waals surface area contributed by atoms with Gasteiger partial charge in [0.15, 0.2) is 0 Å². The molecule has 0 bridgehead atoms. The van der Waals surface area contributed by atoms with Crippen molar-refractivity contribution in [1.82, 2.24) is 14.9 Å². The van der Waals surface area contributed by atoms with Crippen LogP contribution in [0, 0.1) is 17.0 Å². The Balaban J connectivity index is 2.26. The zero-order valence-electron chi connectivity index (χ0n) is 10.7. The number of thioether (sulfide) groups is 1. The van der Waals surface area contributed by atoms with Crippen LogP contribution < -0.4 is 5.43 Å². The third-order valence-corrected chi connectivity index (χ3v) is 3.14. The molecule has 2 aromatic rings. The number of nitro groups is 1. The first-order chi connectivity index (χ1) is 9.52. The van der Waals surface area contributed by atoms with Gasteiger partial charge in [-0.15, -0.1) is 10.2 Å². The molecular formula is C11H11N5O3S. The molecule has 0 aliphatic heterocycles. The number of carbonyl (C=O) groups is 1. The van der Waals surface area contributed by atoms with Gasteiger partial charge in [0, 0.05) is 17.7 Å². The molecule has 1 amide bonds. The zero-order valence-corrected chi connectivity index (χ0v) is 11.5. The van der Waals surface area contributed by atoms with E-state index in [9.17, 15) is 14.9 Å². The first kappa shape index (κ1) is 14.0. The number of nitro benzene ring substituents is 1. The van der Waals surface area contributed by atoms with Crippen molar-refractivity contribution in [2.75, 3.05) is 11.7 Å². The maximum absolute atomic E-state index is 12.1. The Morgan fingerprint density at radius 1 is 1.45 bits per heavy atom. The largest absolute Gasteiger partial charge is 0.270 e. The van der Waals surface area contributed by atoms with E-state index in [1.54, 1.807) is 13.2 Å². The number of non-ortho nitro benzene ring substituents is 1. The minimum atomic E-state index is -0.547. The van der Waals surface area contributed by atoms with Crippen LogP contribution in [0.4, 0.5) is 5.69 Å². The summed E-state index contributed by atoms with van der Waals surface area (Å²) < 4.78 is 1.44. The molecule has 8 nitrogen and oxygen atoms in total. The van der Waals surface area contributed by atoms with Gasteiger partial charge in [-0.1, -0.05) is 17.8 Å². The van der Waals surface area contributed by atoms with Gasteiger partial charge in [-0.25, -0.2) is 4.68 Å². The van der Waals surface area contributed by atoms with Crippen LogP contribution in [0.25, 0.3) is 0 Å². The number of carbonyl (C=O) groups excluding carboxylic acids is 1. The van der Waals surface area contributed by atoms with Crippen LogP contribution in [-0.2, 0) is 0 Å². The summed E-state index contributed by atoms with van der Waals surface area (Å²) in [6.45, 7) is 1.69. The van der Waals surface area contributed by atoms with E-state index in [0.29, 0.717) is 11.0 Å². The lowest BCUT2D eigenvalue weighted by Gasteiger charge is -2.08. The lowest BCUT2D eigenvalue weighted by molar-refractivity contribution is -0.384. The van der Waals surface area contributed by atoms with Crippen molar-refractivity contribution < 1.29 is 9.72 Å². The Morgan fingerprint density at radius 3 is 2.85 bits per heavy atom. The quantitative estimate of drug-likeness (QED) is 0.521. The molecule has 0 unspecified atom stereocenters. The Labute approximate surface area is 118 Å². The summed E-state index contributed by atoms with van der Waals surface area (Å²) in [7, 11) is 0. The lowest BCUT2D eigenvalue weighted by Crippen LogP contribution is -2.24. The maximum Gasteiger partial charge on any atom is 0.270 e. The topological polar surface area (TPSA) is 103 Å². The number of hydrogen-bond acceptors (Lipinski definition) is 6. The highest BCUT2D eigenvalue weighted by atomic mass is 32.2. The van der Waals surface area contributed by atoms with Crippen molar-refractivity contribution >= 4 is 23.4 Å². The molecule has 0 saturated carbocycles. The molecule has 0 atom stereocenters. The van der Waals surface area contributed by atoms with Gasteiger partial charge in [0.05, 0.1) is 4.92 Å². The minimum Gasteiger partial charge on any atom is -0.267 e. The van der Waals surface area contributed by atoms with Crippen LogP contribution in [0.2, 0.25) is 0 Å². The van der Waals surface area contributed by atoms with E-state index in [2.05, 4.69) is 15.6 Å². The molecule has 0 aliphatic rings. The normalized spacial score (nSPS) is 10.3. The van der Waals surface area contributed by atoms with Crippen LogP contribution in [0.3, 0.4) is 0 Å². The first-order valence-electron chi connectivity index (χ1n) is 5.54. The van der Waals surface area contributed by atoms with E-state index >= 15 is 0 Å². The molecule has 0 radical (unpaired) electrons. The lowest BCUT2D eigenvalue weighted by atomic mass is 10.2. The van der Waals surface area contributed by atoms with Gasteiger partial charge in [0.2, 0.25) is 5.16 Å². The summed E-state index contributed by atoms with van der Waals surface area (Å²) in [4.78, 5) is 22.2. The molecule has 1 aromatic heterocycles. The second kappa shape index (κ2) is 5.70. The van der Waals surface area contributed by atoms with Gasteiger partial charge in [0.25, 0.3) is 11.6 Å². The van der Waals surface area contributed by atoms with Crippen molar-refractivity contribution in [3.8, 4) is 0 Å². The minimum absolute atomic E-state index is 0.136. The highest BCUT2D eigenvalue weighted by molar-refractivity contribution is 7.98. The number of aromatic nitrogens is 3. The first-order valence-corrected chi connectivity index (χ1v) is 6.77. The fourth-order valence-electron chi connectivity index (χ4n) is 1.53. The molecule has 9 heteroatoms. The van der Waals surface area contributed by atoms with Crippen LogP contribution in [0.5, 0.6) is 0 Å². The van der Waals surface area contributed by atoms with Crippen LogP contribution in [0.15, 0.2) is 29.4 Å². The van der Waals surface area contributed by atoms with E-state index < -0.39 is 10.8 Å². The Morgan fingerprint density at radius 2 is 2.20 bits per heavy atom. The van der Waals surface area contributed by atoms with E-state index in [1.165, 1.54) is 40.7 Å². The van der Waals surface area contributed by atoms with Gasteiger partial charge in [-0.05, 0) is 19.2 Å². The number of rotatable bonds is 4. The number of benzene rings is 1. The van der Waals surface area contributed by atoms with Crippen molar-refractivity contribution in [2.45, 2.75) is 12.1 Å². The molecule has 20 heavy (non-hydrogen) atoms. The maximum atomic E-state index is 12.1. The molecule has 104 valence electrons. The Hall–Kier alpha value is -2.42. The monoisotopic (exact) mass is 293 g/mol. The van der Waals surface area contributed by atoms with Crippen LogP contribution >= 0.6 is 11.8 Å². The standard InChI is InChI=1S/C11H11N5O3S/c1-7-12-13-11(20-2)15(7)14-10(17)8-4-3-5-9(6-8)16(18)19/h3-6H,1-2H3,(H,14,17). The van der Waals surface area contributed by atoms with E-state index in [-0.39, 0.29) is 11.3 Å². The smallest absolute Gasteiger partial charge is 0.267 e. The predicted molar refractivity (Wildman–Crippen MR) is 73.3 cm³/mol. The summed E-state index contributed by atoms with van der Waals surface area (Å²) in [5, 5.41) is 19.0. The number of amides is 1. The molecule has 0 fully saturated rings. The molecule has 0 spiro atoms. The Bertz CT molecular complexity index is 670. The third kappa shape index (κ3) is 2.77. The number of nitrogens with zero attached hydrogens (tertiary/aromatic N) is 4. The van der Waals surface area contributed by atoms with Crippen molar-refractivity contribution in [3.05, 3.63) is 45.8 Å².